The van der Waals surface area contributed by atoms with Crippen LogP contribution in [0.4, 0.5) is 0 Å². The maximum absolute atomic E-state index is 2.52. The number of aromatic nitrogens is 1. The van der Waals surface area contributed by atoms with E-state index in [0.29, 0.717) is 11.8 Å². The lowest BCUT2D eigenvalue weighted by molar-refractivity contribution is 0.730. The van der Waals surface area contributed by atoms with Crippen molar-refractivity contribution in [1.82, 2.24) is 4.57 Å². The van der Waals surface area contributed by atoms with Crippen molar-refractivity contribution in [3.05, 3.63) is 215 Å². The van der Waals surface area contributed by atoms with E-state index in [1.807, 2.05) is 23.1 Å². The second-order valence-electron chi connectivity index (χ2n) is 16.7. The molecule has 3 heteroatoms. The van der Waals surface area contributed by atoms with Crippen molar-refractivity contribution >= 4 is 70.8 Å². The Labute approximate surface area is 358 Å². The van der Waals surface area contributed by atoms with Gasteiger partial charge in [-0.15, -0.1) is 11.3 Å². The van der Waals surface area contributed by atoms with Crippen LogP contribution >= 0.6 is 23.1 Å². The van der Waals surface area contributed by atoms with Crippen molar-refractivity contribution in [2.24, 2.45) is 0 Å². The van der Waals surface area contributed by atoms with Gasteiger partial charge in [-0.25, -0.2) is 0 Å². The fourth-order valence-electron chi connectivity index (χ4n) is 10.6. The molecule has 2 aromatic heterocycles. The van der Waals surface area contributed by atoms with Gasteiger partial charge >= 0.3 is 0 Å². The van der Waals surface area contributed by atoms with Crippen LogP contribution in [0.2, 0.25) is 0 Å². The SMILES string of the molecule is C1=C2Sc3ccccc3C2CC(n2c3ccccc3c3cc(-c4ccc5c(c4)-c4ccccc4C5CCc4cccc(-c5ccc6sc7ccccc7c6c5)c4)ccc32)=C1. The summed E-state index contributed by atoms with van der Waals surface area (Å²) in [6, 6.07) is 66.4. The first-order valence-electron chi connectivity index (χ1n) is 21.2. The number of thiophene rings is 1. The highest BCUT2D eigenvalue weighted by Crippen LogP contribution is 2.54. The van der Waals surface area contributed by atoms with Gasteiger partial charge in [0.25, 0.3) is 0 Å². The van der Waals surface area contributed by atoms with E-state index in [1.54, 1.807) is 0 Å². The molecule has 0 saturated heterocycles. The molecule has 1 nitrogen and oxygen atoms in total. The largest absolute Gasteiger partial charge is 0.313 e. The van der Waals surface area contributed by atoms with Crippen LogP contribution in [0, 0.1) is 0 Å². The normalized spacial score (nSPS) is 16.5. The lowest BCUT2D eigenvalue weighted by Gasteiger charge is -2.21. The van der Waals surface area contributed by atoms with Crippen molar-refractivity contribution in [3.63, 3.8) is 0 Å². The van der Waals surface area contributed by atoms with Crippen LogP contribution in [0.5, 0.6) is 0 Å². The Morgan fingerprint density at radius 1 is 0.483 bits per heavy atom. The highest BCUT2D eigenvalue weighted by Gasteiger charge is 2.32. The number of nitrogens with zero attached hydrogens (tertiary/aromatic N) is 1. The van der Waals surface area contributed by atoms with Gasteiger partial charge in [-0.1, -0.05) is 139 Å². The van der Waals surface area contributed by atoms with Gasteiger partial charge in [0.05, 0.1) is 11.0 Å². The third-order valence-corrected chi connectivity index (χ3v) is 15.8. The minimum Gasteiger partial charge on any atom is -0.313 e. The number of allylic oxidation sites excluding steroid dienone is 4. The molecule has 0 saturated carbocycles. The van der Waals surface area contributed by atoms with Crippen molar-refractivity contribution in [1.29, 1.82) is 0 Å². The van der Waals surface area contributed by atoms with Crippen molar-refractivity contribution in [2.45, 2.75) is 36.0 Å². The average molecular weight is 802 g/mol. The molecule has 284 valence electrons. The Morgan fingerprint density at radius 3 is 2.13 bits per heavy atom. The Bertz CT molecular complexity index is 3460. The highest BCUT2D eigenvalue weighted by atomic mass is 32.2. The van der Waals surface area contributed by atoms with E-state index in [2.05, 4.69) is 193 Å². The fraction of sp³-hybridized carbons (Fsp3) is 0.0877. The second kappa shape index (κ2) is 13.6. The predicted octanol–water partition coefficient (Wildman–Crippen LogP) is 16.3. The lowest BCUT2D eigenvalue weighted by Crippen LogP contribution is -2.06. The van der Waals surface area contributed by atoms with Crippen LogP contribution in [0.25, 0.3) is 81.1 Å². The number of hydrogen-bond acceptors (Lipinski definition) is 2. The molecule has 0 fully saturated rings. The quantitative estimate of drug-likeness (QED) is 0.162. The van der Waals surface area contributed by atoms with Crippen LogP contribution in [0.3, 0.4) is 0 Å². The Hall–Kier alpha value is -6.39. The highest BCUT2D eigenvalue weighted by molar-refractivity contribution is 8.03. The zero-order valence-electron chi connectivity index (χ0n) is 32.9. The smallest absolute Gasteiger partial charge is 0.0538 e. The first-order chi connectivity index (χ1) is 29.7. The summed E-state index contributed by atoms with van der Waals surface area (Å²) in [5, 5.41) is 5.32. The number of fused-ring (bicyclic) bond motifs is 12. The molecule has 1 aliphatic heterocycles. The van der Waals surface area contributed by atoms with E-state index in [1.165, 1.54) is 113 Å². The van der Waals surface area contributed by atoms with E-state index < -0.39 is 0 Å². The van der Waals surface area contributed by atoms with E-state index in [9.17, 15) is 0 Å². The van der Waals surface area contributed by atoms with Gasteiger partial charge < -0.3 is 4.57 Å². The summed E-state index contributed by atoms with van der Waals surface area (Å²) < 4.78 is 5.23. The van der Waals surface area contributed by atoms with E-state index in [0.717, 1.165) is 19.3 Å². The van der Waals surface area contributed by atoms with Gasteiger partial charge in [0.15, 0.2) is 0 Å². The van der Waals surface area contributed by atoms with Gasteiger partial charge in [-0.2, -0.15) is 0 Å². The second-order valence-corrected chi connectivity index (χ2v) is 18.9. The van der Waals surface area contributed by atoms with Crippen LogP contribution in [0.1, 0.15) is 46.9 Å². The topological polar surface area (TPSA) is 4.93 Å². The van der Waals surface area contributed by atoms with Crippen LogP contribution in [-0.2, 0) is 6.42 Å². The number of rotatable bonds is 6. The van der Waals surface area contributed by atoms with E-state index >= 15 is 0 Å². The first kappa shape index (κ1) is 34.5. The Balaban J connectivity index is 0.817. The number of hydrogen-bond donors (Lipinski definition) is 0. The van der Waals surface area contributed by atoms with Gasteiger partial charge in [0, 0.05) is 53.4 Å². The Kier molecular flexibility index (Phi) is 7.80. The van der Waals surface area contributed by atoms with Crippen molar-refractivity contribution < 1.29 is 0 Å². The van der Waals surface area contributed by atoms with E-state index in [-0.39, 0.29) is 0 Å². The Morgan fingerprint density at radius 2 is 1.18 bits per heavy atom. The average Bonchev–Trinajstić information content (AvgIpc) is 4.05. The van der Waals surface area contributed by atoms with Gasteiger partial charge in [0.2, 0.25) is 0 Å². The molecule has 0 bridgehead atoms. The van der Waals surface area contributed by atoms with Crippen LogP contribution in [0.15, 0.2) is 198 Å². The summed E-state index contributed by atoms with van der Waals surface area (Å²) in [6.45, 7) is 0. The standard InChI is InChI=1S/C57H39NS2/c1-2-13-42-41(12-1)43(25-20-35-10-9-11-36(30-35)39-23-28-56-50(33-39)46-15-4-7-18-54(46)59-56)44-26-21-37(31-48(42)44)38-22-27-53-49(32-38)45-14-3-6-17-52(45)58(53)40-24-29-57-51(34-40)47-16-5-8-19-55(47)60-57/h1-19,21-24,26-33,43,51H,20,25,34H2. The van der Waals surface area contributed by atoms with Gasteiger partial charge in [0.1, 0.15) is 0 Å². The predicted molar refractivity (Wildman–Crippen MR) is 257 cm³/mol. The van der Waals surface area contributed by atoms with E-state index in [4.69, 9.17) is 0 Å². The molecule has 2 aliphatic carbocycles. The lowest BCUT2D eigenvalue weighted by atomic mass is 9.89. The molecule has 0 N–H and O–H groups in total. The molecule has 13 rings (SSSR count). The van der Waals surface area contributed by atoms with Gasteiger partial charge in [-0.05, 0) is 140 Å². The maximum Gasteiger partial charge on any atom is 0.0538 e. The molecule has 10 aromatic rings. The molecule has 2 unspecified atom stereocenters. The molecular formula is C57H39NS2. The number of aryl methyl sites for hydroxylation is 1. The minimum absolute atomic E-state index is 0.367. The van der Waals surface area contributed by atoms with Crippen LogP contribution in [-0.4, -0.2) is 4.57 Å². The number of para-hydroxylation sites is 1. The summed E-state index contributed by atoms with van der Waals surface area (Å²) in [4.78, 5) is 2.87. The molecule has 0 radical (unpaired) electrons. The summed E-state index contributed by atoms with van der Waals surface area (Å²) in [7, 11) is 0. The fourth-order valence-corrected chi connectivity index (χ4v) is 12.9. The molecule has 3 heterocycles. The molecule has 2 atom stereocenters. The van der Waals surface area contributed by atoms with Crippen molar-refractivity contribution in [3.8, 4) is 33.4 Å². The monoisotopic (exact) mass is 801 g/mol. The summed E-state index contributed by atoms with van der Waals surface area (Å²) in [6.07, 6.45) is 7.83. The summed E-state index contributed by atoms with van der Waals surface area (Å²) in [5.41, 5.74) is 17.6. The molecule has 0 spiro atoms. The summed E-state index contributed by atoms with van der Waals surface area (Å²) >= 11 is 3.82. The maximum atomic E-state index is 2.52. The molecule has 3 aliphatic rings. The first-order valence-corrected chi connectivity index (χ1v) is 22.8. The zero-order chi connectivity index (χ0) is 39.3. The minimum atomic E-state index is 0.367. The molecule has 0 amide bonds. The van der Waals surface area contributed by atoms with Gasteiger partial charge in [-0.3, -0.25) is 0 Å². The third-order valence-electron chi connectivity index (χ3n) is 13.4. The molecular weight excluding hydrogens is 763 g/mol. The third kappa shape index (κ3) is 5.39. The van der Waals surface area contributed by atoms with Crippen LogP contribution < -0.4 is 0 Å². The number of thioether (sulfide) groups is 1. The molecule has 60 heavy (non-hydrogen) atoms. The summed E-state index contributed by atoms with van der Waals surface area (Å²) in [5.74, 6) is 0.796. The zero-order valence-corrected chi connectivity index (χ0v) is 34.6. The van der Waals surface area contributed by atoms with Crippen molar-refractivity contribution in [2.75, 3.05) is 0 Å². The number of benzene rings is 8. The molecule has 8 aromatic carbocycles.